The first kappa shape index (κ1) is 14.8. The van der Waals surface area contributed by atoms with Gasteiger partial charge in [-0.15, -0.1) is 0 Å². The molecule has 0 fully saturated rings. The van der Waals surface area contributed by atoms with Crippen LogP contribution in [-0.4, -0.2) is 16.1 Å². The molecule has 1 aromatic heterocycles. The highest BCUT2D eigenvalue weighted by Crippen LogP contribution is 2.31. The van der Waals surface area contributed by atoms with Gasteiger partial charge in [-0.2, -0.15) is 5.26 Å². The minimum Gasteiger partial charge on any atom is -0.478 e. The van der Waals surface area contributed by atoms with E-state index < -0.39 is 5.97 Å². The molecule has 0 aliphatic heterocycles. The maximum Gasteiger partial charge on any atom is 0.335 e. The van der Waals surface area contributed by atoms with Gasteiger partial charge in [-0.3, -0.25) is 0 Å². The van der Waals surface area contributed by atoms with Gasteiger partial charge in [-0.25, -0.2) is 9.78 Å². The molecule has 2 rings (SSSR count). The van der Waals surface area contributed by atoms with E-state index in [0.29, 0.717) is 11.3 Å². The van der Waals surface area contributed by atoms with Crippen molar-refractivity contribution in [3.05, 3.63) is 51.7 Å². The van der Waals surface area contributed by atoms with Crippen LogP contribution >= 0.6 is 11.6 Å². The molecule has 2 aromatic rings. The van der Waals surface area contributed by atoms with Crippen molar-refractivity contribution in [1.29, 1.82) is 5.26 Å². The van der Waals surface area contributed by atoms with E-state index in [4.69, 9.17) is 21.4 Å². The number of benzene rings is 1. The highest BCUT2D eigenvalue weighted by Gasteiger charge is 2.14. The molecule has 6 heteroatoms. The van der Waals surface area contributed by atoms with Crippen molar-refractivity contribution < 1.29 is 14.6 Å². The van der Waals surface area contributed by atoms with Gasteiger partial charge >= 0.3 is 5.97 Å². The van der Waals surface area contributed by atoms with Crippen LogP contribution in [0.3, 0.4) is 0 Å². The van der Waals surface area contributed by atoms with E-state index in [1.165, 1.54) is 18.2 Å². The zero-order valence-corrected chi connectivity index (χ0v) is 12.1. The zero-order chi connectivity index (χ0) is 15.6. The number of aryl methyl sites for hydroxylation is 2. The number of aromatic nitrogens is 1. The Morgan fingerprint density at radius 3 is 2.67 bits per heavy atom. The third-order valence-electron chi connectivity index (χ3n) is 2.81. The first-order chi connectivity index (χ1) is 9.92. The second-order valence-corrected chi connectivity index (χ2v) is 4.83. The Morgan fingerprint density at radius 1 is 1.38 bits per heavy atom. The van der Waals surface area contributed by atoms with Crippen molar-refractivity contribution in [1.82, 2.24) is 4.98 Å². The SMILES string of the molecule is Cc1cc(C)c(C#N)c(Oc2ccc(C(=O)O)cc2Cl)n1. The van der Waals surface area contributed by atoms with Gasteiger partial charge in [0.1, 0.15) is 17.4 Å². The molecule has 0 spiro atoms. The van der Waals surface area contributed by atoms with Gasteiger partial charge in [0.15, 0.2) is 0 Å². The lowest BCUT2D eigenvalue weighted by Gasteiger charge is -2.10. The Bertz CT molecular complexity index is 766. The van der Waals surface area contributed by atoms with Gasteiger partial charge < -0.3 is 9.84 Å². The zero-order valence-electron chi connectivity index (χ0n) is 11.3. The lowest BCUT2D eigenvalue weighted by Crippen LogP contribution is -1.99. The van der Waals surface area contributed by atoms with E-state index in [-0.39, 0.29) is 22.2 Å². The molecule has 0 radical (unpaired) electrons. The second-order valence-electron chi connectivity index (χ2n) is 4.42. The van der Waals surface area contributed by atoms with Crippen molar-refractivity contribution in [3.8, 4) is 17.7 Å². The molecule has 1 N–H and O–H groups in total. The van der Waals surface area contributed by atoms with E-state index in [9.17, 15) is 10.1 Å². The maximum absolute atomic E-state index is 10.9. The normalized spacial score (nSPS) is 10.0. The average Bonchev–Trinajstić information content (AvgIpc) is 2.40. The Balaban J connectivity index is 2.44. The van der Waals surface area contributed by atoms with Crippen LogP contribution in [0.5, 0.6) is 11.6 Å². The number of nitriles is 1. The van der Waals surface area contributed by atoms with Crippen LogP contribution in [0, 0.1) is 25.2 Å². The van der Waals surface area contributed by atoms with Crippen LogP contribution in [0.15, 0.2) is 24.3 Å². The molecule has 5 nitrogen and oxygen atoms in total. The minimum atomic E-state index is -1.08. The number of aromatic carboxylic acids is 1. The number of hydrogen-bond acceptors (Lipinski definition) is 4. The third kappa shape index (κ3) is 3.12. The van der Waals surface area contributed by atoms with Crippen molar-refractivity contribution in [2.45, 2.75) is 13.8 Å². The average molecular weight is 303 g/mol. The summed E-state index contributed by atoms with van der Waals surface area (Å²) < 4.78 is 5.57. The first-order valence-electron chi connectivity index (χ1n) is 6.01. The summed E-state index contributed by atoms with van der Waals surface area (Å²) in [5.41, 5.74) is 1.83. The standard InChI is InChI=1S/C15H11ClN2O3/c1-8-5-9(2)18-14(11(8)7-17)21-13-4-3-10(15(19)20)6-12(13)16/h3-6H,1-2H3,(H,19,20). The summed E-state index contributed by atoms with van der Waals surface area (Å²) in [6.45, 7) is 3.57. The molecule has 0 aliphatic carbocycles. The molecule has 106 valence electrons. The summed E-state index contributed by atoms with van der Waals surface area (Å²) in [5.74, 6) is -0.679. The van der Waals surface area contributed by atoms with Gasteiger partial charge in [0.25, 0.3) is 0 Å². The lowest BCUT2D eigenvalue weighted by molar-refractivity contribution is 0.0697. The Kier molecular flexibility index (Phi) is 4.10. The molecule has 0 bridgehead atoms. The van der Waals surface area contributed by atoms with E-state index in [1.807, 2.05) is 6.07 Å². The number of halogens is 1. The summed E-state index contributed by atoms with van der Waals surface area (Å²) in [7, 11) is 0. The predicted octanol–water partition coefficient (Wildman–Crippen LogP) is 3.71. The van der Waals surface area contributed by atoms with Gasteiger partial charge in [0.2, 0.25) is 5.88 Å². The number of hydrogen-bond donors (Lipinski definition) is 1. The van der Waals surface area contributed by atoms with Crippen LogP contribution < -0.4 is 4.74 Å². The molecule has 0 amide bonds. The van der Waals surface area contributed by atoms with Gasteiger partial charge in [-0.05, 0) is 43.7 Å². The third-order valence-corrected chi connectivity index (χ3v) is 3.10. The molecule has 1 aromatic carbocycles. The van der Waals surface area contributed by atoms with Crippen molar-refractivity contribution in [3.63, 3.8) is 0 Å². The molecule has 0 unspecified atom stereocenters. The number of pyridine rings is 1. The summed E-state index contributed by atoms with van der Waals surface area (Å²) in [6, 6.07) is 7.91. The quantitative estimate of drug-likeness (QED) is 0.934. The first-order valence-corrected chi connectivity index (χ1v) is 6.39. The topological polar surface area (TPSA) is 83.2 Å². The highest BCUT2D eigenvalue weighted by atomic mass is 35.5. The van der Waals surface area contributed by atoms with Gasteiger partial charge in [0.05, 0.1) is 10.6 Å². The summed E-state index contributed by atoms with van der Waals surface area (Å²) >= 11 is 6.00. The number of carbonyl (C=O) groups is 1. The van der Waals surface area contributed by atoms with E-state index in [1.54, 1.807) is 19.9 Å². The molecule has 0 saturated carbocycles. The van der Waals surface area contributed by atoms with Crippen LogP contribution in [0.4, 0.5) is 0 Å². The highest BCUT2D eigenvalue weighted by molar-refractivity contribution is 6.32. The van der Waals surface area contributed by atoms with Crippen molar-refractivity contribution in [2.75, 3.05) is 0 Å². The molecular formula is C15H11ClN2O3. The maximum atomic E-state index is 10.9. The van der Waals surface area contributed by atoms with E-state index in [0.717, 1.165) is 5.56 Å². The molecule has 0 saturated heterocycles. The fraction of sp³-hybridized carbons (Fsp3) is 0.133. The van der Waals surface area contributed by atoms with Crippen LogP contribution in [0.2, 0.25) is 5.02 Å². The Hall–Kier alpha value is -2.58. The molecule has 0 aliphatic rings. The number of ether oxygens (including phenoxy) is 1. The van der Waals surface area contributed by atoms with Gasteiger partial charge in [0, 0.05) is 5.69 Å². The molecular weight excluding hydrogens is 292 g/mol. The smallest absolute Gasteiger partial charge is 0.335 e. The van der Waals surface area contributed by atoms with E-state index >= 15 is 0 Å². The summed E-state index contributed by atoms with van der Waals surface area (Å²) in [5, 5.41) is 18.2. The van der Waals surface area contributed by atoms with Crippen molar-refractivity contribution in [2.24, 2.45) is 0 Å². The fourth-order valence-corrected chi connectivity index (χ4v) is 2.05. The summed E-state index contributed by atoms with van der Waals surface area (Å²) in [6.07, 6.45) is 0. The molecule has 1 heterocycles. The monoisotopic (exact) mass is 302 g/mol. The molecule has 0 atom stereocenters. The summed E-state index contributed by atoms with van der Waals surface area (Å²) in [4.78, 5) is 15.0. The lowest BCUT2D eigenvalue weighted by atomic mass is 10.1. The fourth-order valence-electron chi connectivity index (χ4n) is 1.83. The molecule has 21 heavy (non-hydrogen) atoms. The Labute approximate surface area is 126 Å². The predicted molar refractivity (Wildman–Crippen MR) is 76.9 cm³/mol. The largest absolute Gasteiger partial charge is 0.478 e. The van der Waals surface area contributed by atoms with Crippen LogP contribution in [0.1, 0.15) is 27.2 Å². The second kappa shape index (κ2) is 5.81. The number of carboxylic acid groups (broad SMARTS) is 1. The van der Waals surface area contributed by atoms with E-state index in [2.05, 4.69) is 4.98 Å². The number of carboxylic acids is 1. The van der Waals surface area contributed by atoms with Crippen LogP contribution in [-0.2, 0) is 0 Å². The number of rotatable bonds is 3. The van der Waals surface area contributed by atoms with Crippen LogP contribution in [0.25, 0.3) is 0 Å². The van der Waals surface area contributed by atoms with Crippen molar-refractivity contribution >= 4 is 17.6 Å². The minimum absolute atomic E-state index is 0.0567. The number of nitrogens with zero attached hydrogens (tertiary/aromatic N) is 2. The Morgan fingerprint density at radius 2 is 2.10 bits per heavy atom. The van der Waals surface area contributed by atoms with Gasteiger partial charge in [-0.1, -0.05) is 11.6 Å².